The Kier molecular flexibility index (Phi) is 6.83. The number of nitrogens with one attached hydrogen (secondary N) is 2. The summed E-state index contributed by atoms with van der Waals surface area (Å²) in [6, 6.07) is 19.2. The van der Waals surface area contributed by atoms with Crippen molar-refractivity contribution in [2.45, 2.75) is 0 Å². The van der Waals surface area contributed by atoms with Gasteiger partial charge in [0, 0.05) is 23.6 Å². The van der Waals surface area contributed by atoms with E-state index in [2.05, 4.69) is 65.1 Å². The van der Waals surface area contributed by atoms with Crippen LogP contribution < -0.4 is 10.6 Å². The second-order valence-corrected chi connectivity index (χ2v) is 10.7. The zero-order chi connectivity index (χ0) is 21.3. The molecule has 0 saturated heterocycles. The fraction of sp³-hybridized carbons (Fsp3) is 0. The molecule has 1 amide bonds. The van der Waals surface area contributed by atoms with E-state index in [9.17, 15) is 4.79 Å². The summed E-state index contributed by atoms with van der Waals surface area (Å²) in [6.45, 7) is 0. The lowest BCUT2D eigenvalue weighted by molar-refractivity contribution is 0.0977. The molecule has 3 aromatic carbocycles. The van der Waals surface area contributed by atoms with E-state index in [-0.39, 0.29) is 11.0 Å². The highest BCUT2D eigenvalue weighted by molar-refractivity contribution is 14.1. The number of fused-ring (bicyclic) bond motifs is 1. The van der Waals surface area contributed by atoms with E-state index in [4.69, 9.17) is 17.2 Å². The number of thiocarbonyl (C=S) groups is 1. The molecule has 9 heteroatoms. The molecule has 150 valence electrons. The van der Waals surface area contributed by atoms with Gasteiger partial charge in [0.25, 0.3) is 5.91 Å². The SMILES string of the molecule is O=C(NC(=S)Nc1c(Br)cc(Br)cc1-c1nc2ccccc2s1)c1ccc(I)cc1. The minimum absolute atomic E-state index is 0.212. The van der Waals surface area contributed by atoms with E-state index in [1.807, 2.05) is 48.5 Å². The number of halogens is 3. The Morgan fingerprint density at radius 2 is 1.80 bits per heavy atom. The predicted molar refractivity (Wildman–Crippen MR) is 143 cm³/mol. The number of hydrogen-bond acceptors (Lipinski definition) is 4. The van der Waals surface area contributed by atoms with Crippen LogP contribution in [0.4, 0.5) is 5.69 Å². The summed E-state index contributed by atoms with van der Waals surface area (Å²) in [5, 5.41) is 6.96. The molecule has 0 spiro atoms. The van der Waals surface area contributed by atoms with Crippen LogP contribution in [0.5, 0.6) is 0 Å². The number of thiazole rings is 1. The lowest BCUT2D eigenvalue weighted by Crippen LogP contribution is -2.34. The van der Waals surface area contributed by atoms with Crippen LogP contribution in [0.2, 0.25) is 0 Å². The summed E-state index contributed by atoms with van der Waals surface area (Å²) >= 11 is 16.3. The number of carbonyl (C=O) groups excluding carboxylic acids is 1. The van der Waals surface area contributed by atoms with Crippen LogP contribution in [-0.4, -0.2) is 16.0 Å². The Hall–Kier alpha value is -1.40. The van der Waals surface area contributed by atoms with Crippen LogP contribution in [0, 0.1) is 3.57 Å². The van der Waals surface area contributed by atoms with Crippen LogP contribution in [0.25, 0.3) is 20.8 Å². The van der Waals surface area contributed by atoms with Gasteiger partial charge >= 0.3 is 0 Å². The lowest BCUT2D eigenvalue weighted by atomic mass is 10.2. The molecule has 0 unspecified atom stereocenters. The highest BCUT2D eigenvalue weighted by Gasteiger charge is 2.17. The maximum absolute atomic E-state index is 12.5. The van der Waals surface area contributed by atoms with E-state index in [0.29, 0.717) is 5.56 Å². The molecule has 0 radical (unpaired) electrons. The first kappa shape index (κ1) is 21.8. The van der Waals surface area contributed by atoms with Crippen LogP contribution in [-0.2, 0) is 0 Å². The van der Waals surface area contributed by atoms with Crippen molar-refractivity contribution in [3.05, 3.63) is 78.7 Å². The zero-order valence-electron chi connectivity index (χ0n) is 15.1. The molecule has 4 aromatic rings. The summed E-state index contributed by atoms with van der Waals surface area (Å²) in [6.07, 6.45) is 0. The minimum atomic E-state index is -0.265. The Morgan fingerprint density at radius 3 is 2.53 bits per heavy atom. The van der Waals surface area contributed by atoms with Gasteiger partial charge in [-0.25, -0.2) is 4.98 Å². The second kappa shape index (κ2) is 9.39. The lowest BCUT2D eigenvalue weighted by Gasteiger charge is -2.15. The third kappa shape index (κ3) is 4.91. The molecule has 0 saturated carbocycles. The van der Waals surface area contributed by atoms with Crippen LogP contribution in [0.3, 0.4) is 0 Å². The molecular weight excluding hydrogens is 661 g/mol. The van der Waals surface area contributed by atoms with E-state index in [1.165, 1.54) is 0 Å². The van der Waals surface area contributed by atoms with Crippen molar-refractivity contribution in [3.63, 3.8) is 0 Å². The smallest absolute Gasteiger partial charge is 0.257 e. The molecule has 0 aliphatic rings. The second-order valence-electron chi connectivity index (χ2n) is 6.21. The first-order chi connectivity index (χ1) is 14.4. The molecule has 0 bridgehead atoms. The normalized spacial score (nSPS) is 10.8. The highest BCUT2D eigenvalue weighted by atomic mass is 127. The van der Waals surface area contributed by atoms with E-state index in [0.717, 1.165) is 39.0 Å². The third-order valence-corrected chi connectivity index (χ3v) is 7.23. The van der Waals surface area contributed by atoms with Crippen molar-refractivity contribution in [1.29, 1.82) is 0 Å². The van der Waals surface area contributed by atoms with Crippen molar-refractivity contribution >= 4 is 105 Å². The van der Waals surface area contributed by atoms with Gasteiger partial charge in [-0.2, -0.15) is 0 Å². The summed E-state index contributed by atoms with van der Waals surface area (Å²) in [4.78, 5) is 17.3. The number of anilines is 1. The average Bonchev–Trinajstić information content (AvgIpc) is 3.14. The van der Waals surface area contributed by atoms with Gasteiger partial charge in [0.1, 0.15) is 5.01 Å². The molecule has 4 rings (SSSR count). The maximum Gasteiger partial charge on any atom is 0.257 e. The summed E-state index contributed by atoms with van der Waals surface area (Å²) in [7, 11) is 0. The highest BCUT2D eigenvalue weighted by Crippen LogP contribution is 2.40. The largest absolute Gasteiger partial charge is 0.331 e. The molecule has 0 aliphatic heterocycles. The van der Waals surface area contributed by atoms with Gasteiger partial charge in [-0.3, -0.25) is 10.1 Å². The molecule has 4 nitrogen and oxygen atoms in total. The summed E-state index contributed by atoms with van der Waals surface area (Å²) in [5.41, 5.74) is 3.10. The third-order valence-electron chi connectivity index (χ3n) is 4.15. The van der Waals surface area contributed by atoms with Gasteiger partial charge in [-0.05, 0) is 99.3 Å². The maximum atomic E-state index is 12.5. The number of hydrogen-bond donors (Lipinski definition) is 2. The van der Waals surface area contributed by atoms with Crippen molar-refractivity contribution in [3.8, 4) is 10.6 Å². The van der Waals surface area contributed by atoms with Gasteiger partial charge in [0.15, 0.2) is 5.11 Å². The van der Waals surface area contributed by atoms with Gasteiger partial charge in [-0.15, -0.1) is 11.3 Å². The van der Waals surface area contributed by atoms with E-state index in [1.54, 1.807) is 23.5 Å². The Bertz CT molecular complexity index is 1240. The van der Waals surface area contributed by atoms with Crippen LogP contribution >= 0.6 is 78.0 Å². The number of para-hydroxylation sites is 1. The molecule has 0 fully saturated rings. The quantitative estimate of drug-likeness (QED) is 0.178. The number of benzene rings is 3. The first-order valence-electron chi connectivity index (χ1n) is 8.63. The van der Waals surface area contributed by atoms with Crippen molar-refractivity contribution in [2.24, 2.45) is 0 Å². The van der Waals surface area contributed by atoms with Gasteiger partial charge in [0.05, 0.1) is 15.9 Å². The predicted octanol–water partition coefficient (Wildman–Crippen LogP) is 7.22. The molecule has 1 heterocycles. The van der Waals surface area contributed by atoms with Gasteiger partial charge < -0.3 is 5.32 Å². The van der Waals surface area contributed by atoms with Gasteiger partial charge in [0.2, 0.25) is 0 Å². The Balaban J connectivity index is 1.63. The van der Waals surface area contributed by atoms with Crippen LogP contribution in [0.15, 0.2) is 69.6 Å². The minimum Gasteiger partial charge on any atom is -0.331 e. The van der Waals surface area contributed by atoms with E-state index < -0.39 is 0 Å². The molecular formula is C21H12Br2IN3OS2. The standard InChI is InChI=1S/C21H12Br2IN3OS2/c22-12-9-14(20-25-16-3-1-2-4-17(16)30-20)18(15(23)10-12)26-21(29)27-19(28)11-5-7-13(24)8-6-11/h1-10H,(H2,26,27,28,29). The van der Waals surface area contributed by atoms with Crippen molar-refractivity contribution in [1.82, 2.24) is 10.3 Å². The first-order valence-corrected chi connectivity index (χ1v) is 12.5. The fourth-order valence-corrected chi connectivity index (χ4v) is 5.64. The Labute approximate surface area is 212 Å². The molecule has 0 atom stereocenters. The van der Waals surface area contributed by atoms with Gasteiger partial charge in [-0.1, -0.05) is 28.1 Å². The molecule has 1 aromatic heterocycles. The number of rotatable bonds is 3. The number of nitrogens with zero attached hydrogens (tertiary/aromatic N) is 1. The number of aromatic nitrogens is 1. The Morgan fingerprint density at radius 1 is 1.07 bits per heavy atom. The number of carbonyl (C=O) groups is 1. The fourth-order valence-electron chi connectivity index (χ4n) is 2.78. The van der Waals surface area contributed by atoms with Crippen molar-refractivity contribution in [2.75, 3.05) is 5.32 Å². The van der Waals surface area contributed by atoms with Crippen LogP contribution in [0.1, 0.15) is 10.4 Å². The summed E-state index contributed by atoms with van der Waals surface area (Å²) in [5.74, 6) is -0.265. The molecule has 2 N–H and O–H groups in total. The molecule has 0 aliphatic carbocycles. The average molecular weight is 673 g/mol. The zero-order valence-corrected chi connectivity index (χ0v) is 22.0. The van der Waals surface area contributed by atoms with Crippen molar-refractivity contribution < 1.29 is 4.79 Å². The van der Waals surface area contributed by atoms with E-state index >= 15 is 0 Å². The molecule has 30 heavy (non-hydrogen) atoms. The summed E-state index contributed by atoms with van der Waals surface area (Å²) < 4.78 is 3.87. The number of amides is 1. The topological polar surface area (TPSA) is 54.0 Å². The monoisotopic (exact) mass is 671 g/mol.